The Morgan fingerprint density at radius 3 is 2.49 bits per heavy atom. The number of aromatic nitrogens is 2. The Balaban J connectivity index is 1.49. The van der Waals surface area contributed by atoms with Crippen LogP contribution in [0.4, 0.5) is 34.1 Å². The van der Waals surface area contributed by atoms with Crippen LogP contribution in [0.15, 0.2) is 18.3 Å². The fraction of sp³-hybridized carbons (Fsp3) is 0.542. The second kappa shape index (κ2) is 8.17. The van der Waals surface area contributed by atoms with E-state index in [-0.39, 0.29) is 36.3 Å². The standard InChI is InChI=1S/C24H28F3N5O3/c1-12(2)21-24(3,4)35-23(34)31(21)18-10-28-32-17-7-5-6-16(17)30(11-19(18)32)22(33)29-13-8-14(25)20(27)15(26)9-13/h8-10,12,16-17,21H,5-7,11H2,1-4H3,(H,29,33)/t16-,17+,21?/m0/s1. The lowest BCUT2D eigenvalue weighted by atomic mass is 9.88. The monoisotopic (exact) mass is 491 g/mol. The predicted molar refractivity (Wildman–Crippen MR) is 121 cm³/mol. The van der Waals surface area contributed by atoms with E-state index in [4.69, 9.17) is 4.74 Å². The summed E-state index contributed by atoms with van der Waals surface area (Å²) in [5.74, 6) is -4.26. The first-order chi connectivity index (χ1) is 16.5. The lowest BCUT2D eigenvalue weighted by Gasteiger charge is -2.39. The number of rotatable bonds is 3. The van der Waals surface area contributed by atoms with Gasteiger partial charge in [0, 0.05) is 17.8 Å². The predicted octanol–water partition coefficient (Wildman–Crippen LogP) is 5.20. The Kier molecular flexibility index (Phi) is 5.48. The molecule has 3 atom stereocenters. The van der Waals surface area contributed by atoms with Gasteiger partial charge in [0.25, 0.3) is 0 Å². The van der Waals surface area contributed by atoms with Crippen molar-refractivity contribution in [2.75, 3.05) is 10.2 Å². The number of anilines is 2. The Morgan fingerprint density at radius 1 is 1.17 bits per heavy atom. The third-order valence-electron chi connectivity index (χ3n) is 7.28. The Labute approximate surface area is 201 Å². The van der Waals surface area contributed by atoms with E-state index >= 15 is 0 Å². The molecule has 0 radical (unpaired) electrons. The first-order valence-electron chi connectivity index (χ1n) is 11.8. The van der Waals surface area contributed by atoms with Gasteiger partial charge in [0.15, 0.2) is 17.5 Å². The summed E-state index contributed by atoms with van der Waals surface area (Å²) in [6.07, 6.45) is 3.60. The molecule has 1 aromatic heterocycles. The van der Waals surface area contributed by atoms with Crippen LogP contribution in [0.3, 0.4) is 0 Å². The number of nitrogens with zero attached hydrogens (tertiary/aromatic N) is 4. The SMILES string of the molecule is CC(C)C1N(c2cnn3c2CN(C(=O)Nc2cc(F)c(F)c(F)c2)[C@H]2CCC[C@H]23)C(=O)OC1(C)C. The highest BCUT2D eigenvalue weighted by Crippen LogP contribution is 2.44. The van der Waals surface area contributed by atoms with Gasteiger partial charge in [-0.1, -0.05) is 13.8 Å². The molecule has 1 saturated carbocycles. The highest BCUT2D eigenvalue weighted by molar-refractivity contribution is 5.93. The number of halogens is 3. The number of amides is 3. The number of carbonyl (C=O) groups is 2. The fourth-order valence-electron chi connectivity index (χ4n) is 6.02. The van der Waals surface area contributed by atoms with Crippen molar-refractivity contribution in [2.45, 2.75) is 77.2 Å². The molecule has 11 heteroatoms. The van der Waals surface area contributed by atoms with E-state index in [0.29, 0.717) is 11.4 Å². The van der Waals surface area contributed by atoms with E-state index in [0.717, 1.165) is 31.4 Å². The van der Waals surface area contributed by atoms with Crippen LogP contribution in [0, 0.1) is 23.4 Å². The molecular weight excluding hydrogens is 463 g/mol. The summed E-state index contributed by atoms with van der Waals surface area (Å²) in [6, 6.07) is 0.431. The topological polar surface area (TPSA) is 79.7 Å². The number of urea groups is 1. The number of fused-ring (bicyclic) bond motifs is 3. The van der Waals surface area contributed by atoms with Crippen LogP contribution >= 0.6 is 0 Å². The van der Waals surface area contributed by atoms with E-state index < -0.39 is 35.2 Å². The van der Waals surface area contributed by atoms with E-state index in [2.05, 4.69) is 10.4 Å². The van der Waals surface area contributed by atoms with Crippen LogP contribution in [-0.2, 0) is 11.3 Å². The largest absolute Gasteiger partial charge is 0.441 e. The summed E-state index contributed by atoms with van der Waals surface area (Å²) in [4.78, 5) is 29.4. The third kappa shape index (κ3) is 3.71. The van der Waals surface area contributed by atoms with Crippen molar-refractivity contribution in [3.05, 3.63) is 41.5 Å². The zero-order valence-corrected chi connectivity index (χ0v) is 20.0. The molecule has 35 heavy (non-hydrogen) atoms. The molecule has 1 aromatic carbocycles. The van der Waals surface area contributed by atoms with Crippen molar-refractivity contribution in [1.82, 2.24) is 14.7 Å². The van der Waals surface area contributed by atoms with Gasteiger partial charge in [0.1, 0.15) is 5.60 Å². The molecule has 1 aliphatic carbocycles. The molecule has 2 aliphatic heterocycles. The molecule has 1 unspecified atom stereocenters. The van der Waals surface area contributed by atoms with Crippen LogP contribution in [0.25, 0.3) is 0 Å². The zero-order valence-electron chi connectivity index (χ0n) is 20.0. The normalized spacial score (nSPS) is 25.0. The summed E-state index contributed by atoms with van der Waals surface area (Å²) in [5.41, 5.74) is 0.393. The van der Waals surface area contributed by atoms with E-state index in [9.17, 15) is 22.8 Å². The molecule has 5 rings (SSSR count). The summed E-state index contributed by atoms with van der Waals surface area (Å²) >= 11 is 0. The first-order valence-corrected chi connectivity index (χ1v) is 11.8. The number of nitrogens with one attached hydrogen (secondary N) is 1. The van der Waals surface area contributed by atoms with Crippen molar-refractivity contribution in [2.24, 2.45) is 5.92 Å². The Hall–Kier alpha value is -3.24. The van der Waals surface area contributed by atoms with E-state index in [1.165, 1.54) is 0 Å². The van der Waals surface area contributed by atoms with Gasteiger partial charge < -0.3 is 15.0 Å². The summed E-state index contributed by atoms with van der Waals surface area (Å²) in [5, 5.41) is 7.10. The number of hydrogen-bond donors (Lipinski definition) is 1. The molecule has 2 fully saturated rings. The minimum absolute atomic E-state index is 0.0935. The van der Waals surface area contributed by atoms with Gasteiger partial charge in [-0.25, -0.2) is 22.8 Å². The lowest BCUT2D eigenvalue weighted by Crippen LogP contribution is -2.50. The van der Waals surface area contributed by atoms with Gasteiger partial charge in [0.05, 0.1) is 42.2 Å². The number of carbonyl (C=O) groups excluding carboxylic acids is 2. The molecule has 0 bridgehead atoms. The lowest BCUT2D eigenvalue weighted by molar-refractivity contribution is 0.0592. The van der Waals surface area contributed by atoms with Crippen molar-refractivity contribution in [1.29, 1.82) is 0 Å². The molecular formula is C24H28F3N5O3. The molecule has 3 heterocycles. The van der Waals surface area contributed by atoms with E-state index in [1.54, 1.807) is 16.0 Å². The maximum Gasteiger partial charge on any atom is 0.415 e. The van der Waals surface area contributed by atoms with Crippen LogP contribution in [0.5, 0.6) is 0 Å². The second-order valence-electron chi connectivity index (χ2n) is 10.3. The van der Waals surface area contributed by atoms with Crippen LogP contribution in [0.1, 0.15) is 58.7 Å². The summed E-state index contributed by atoms with van der Waals surface area (Å²) < 4.78 is 48.3. The smallest absolute Gasteiger partial charge is 0.415 e. The summed E-state index contributed by atoms with van der Waals surface area (Å²) in [7, 11) is 0. The van der Waals surface area contributed by atoms with Crippen molar-refractivity contribution < 1.29 is 27.5 Å². The third-order valence-corrected chi connectivity index (χ3v) is 7.28. The summed E-state index contributed by atoms with van der Waals surface area (Å²) in [6.45, 7) is 7.93. The Morgan fingerprint density at radius 2 is 1.83 bits per heavy atom. The zero-order chi connectivity index (χ0) is 25.2. The minimum atomic E-state index is -1.59. The molecule has 1 saturated heterocycles. The van der Waals surface area contributed by atoms with Crippen LogP contribution < -0.4 is 10.2 Å². The highest BCUT2D eigenvalue weighted by Gasteiger charge is 2.52. The number of hydrogen-bond acceptors (Lipinski definition) is 4. The van der Waals surface area contributed by atoms with Gasteiger partial charge in [-0.05, 0) is 39.0 Å². The quantitative estimate of drug-likeness (QED) is 0.599. The number of ether oxygens (including phenoxy) is 1. The van der Waals surface area contributed by atoms with Crippen molar-refractivity contribution in [3.63, 3.8) is 0 Å². The minimum Gasteiger partial charge on any atom is -0.441 e. The number of cyclic esters (lactones) is 1. The van der Waals surface area contributed by atoms with Crippen LogP contribution in [0.2, 0.25) is 0 Å². The molecule has 3 amide bonds. The number of benzene rings is 1. The first kappa shape index (κ1) is 23.5. The van der Waals surface area contributed by atoms with Gasteiger partial charge in [-0.3, -0.25) is 9.58 Å². The van der Waals surface area contributed by atoms with E-state index in [1.807, 2.05) is 32.4 Å². The second-order valence-corrected chi connectivity index (χ2v) is 10.3. The molecule has 2 aromatic rings. The van der Waals surface area contributed by atoms with Crippen LogP contribution in [-0.4, -0.2) is 44.5 Å². The molecule has 3 aliphatic rings. The average Bonchev–Trinajstić information content (AvgIpc) is 3.45. The molecule has 8 nitrogen and oxygen atoms in total. The van der Waals surface area contributed by atoms with Gasteiger partial charge in [-0.2, -0.15) is 5.10 Å². The molecule has 0 spiro atoms. The van der Waals surface area contributed by atoms with Gasteiger partial charge >= 0.3 is 12.1 Å². The molecule has 188 valence electrons. The molecule has 1 N–H and O–H groups in total. The fourth-order valence-corrected chi connectivity index (χ4v) is 6.02. The average molecular weight is 492 g/mol. The maximum atomic E-state index is 13.7. The van der Waals surface area contributed by atoms with Gasteiger partial charge in [0.2, 0.25) is 0 Å². The van der Waals surface area contributed by atoms with Crippen molar-refractivity contribution >= 4 is 23.5 Å². The Bertz CT molecular complexity index is 1170. The maximum absolute atomic E-state index is 13.7. The van der Waals surface area contributed by atoms with Crippen molar-refractivity contribution in [3.8, 4) is 0 Å². The highest BCUT2D eigenvalue weighted by atomic mass is 19.2. The van der Waals surface area contributed by atoms with Gasteiger partial charge in [-0.15, -0.1) is 0 Å².